The summed E-state index contributed by atoms with van der Waals surface area (Å²) in [6, 6.07) is 0. The van der Waals surface area contributed by atoms with Crippen LogP contribution in [0, 0.1) is 17.8 Å². The van der Waals surface area contributed by atoms with Gasteiger partial charge in [0.1, 0.15) is 0 Å². The Morgan fingerprint density at radius 1 is 1.22 bits per heavy atom. The van der Waals surface area contributed by atoms with Gasteiger partial charge in [0.25, 0.3) is 0 Å². The van der Waals surface area contributed by atoms with Gasteiger partial charge in [-0.1, -0.05) is 12.2 Å². The number of fused-ring (bicyclic) bond motifs is 2. The summed E-state index contributed by atoms with van der Waals surface area (Å²) in [5.74, 6) is 2.71. The van der Waals surface area contributed by atoms with E-state index in [-0.39, 0.29) is 5.25 Å². The molecule has 4 heteroatoms. The Hall–Kier alpha value is -0.350. The molecule has 2 fully saturated rings. The molecule has 0 aromatic rings. The maximum Gasteiger partial charge on any atom is 0.154 e. The predicted octanol–water partition coefficient (Wildman–Crippen LogP) is 1.71. The molecule has 0 radical (unpaired) electrons. The number of hydrogen-bond acceptors (Lipinski definition) is 3. The minimum atomic E-state index is -2.83. The van der Waals surface area contributed by atoms with Crippen molar-refractivity contribution >= 4 is 9.84 Å². The van der Waals surface area contributed by atoms with E-state index in [0.717, 1.165) is 43.8 Å². The second-order valence-corrected chi connectivity index (χ2v) is 8.85. The highest BCUT2D eigenvalue weighted by Gasteiger charge is 2.37. The molecule has 1 saturated heterocycles. The zero-order valence-electron chi connectivity index (χ0n) is 11.1. The van der Waals surface area contributed by atoms with E-state index in [9.17, 15) is 8.42 Å². The lowest BCUT2D eigenvalue weighted by atomic mass is 9.93. The SMILES string of the molecule is C[C@H]1CCN(C[C@@H]2C[C@H]3C=C[C@H]2C3)CCS1(=O)=O. The van der Waals surface area contributed by atoms with Gasteiger partial charge in [0, 0.05) is 13.1 Å². The standard InChI is InChI=1S/C14H23NO2S/c1-11-4-5-15(6-7-18(11,16)17)10-14-9-12-2-3-13(14)8-12/h2-3,11-14H,4-10H2,1H3/t11-,12-,13-,14-/m0/s1. The van der Waals surface area contributed by atoms with Crippen molar-refractivity contribution in [2.75, 3.05) is 25.4 Å². The van der Waals surface area contributed by atoms with Crippen LogP contribution >= 0.6 is 0 Å². The largest absolute Gasteiger partial charge is 0.302 e. The molecular weight excluding hydrogens is 246 g/mol. The summed E-state index contributed by atoms with van der Waals surface area (Å²) < 4.78 is 23.7. The molecule has 2 aliphatic carbocycles. The Labute approximate surface area is 110 Å². The van der Waals surface area contributed by atoms with Gasteiger partial charge < -0.3 is 4.90 Å². The van der Waals surface area contributed by atoms with E-state index in [4.69, 9.17) is 0 Å². The normalized spacial score (nSPS) is 43.2. The van der Waals surface area contributed by atoms with E-state index in [1.807, 2.05) is 6.92 Å². The van der Waals surface area contributed by atoms with Crippen molar-refractivity contribution in [2.45, 2.75) is 31.4 Å². The van der Waals surface area contributed by atoms with Crippen molar-refractivity contribution in [3.8, 4) is 0 Å². The van der Waals surface area contributed by atoms with Gasteiger partial charge in [-0.05, 0) is 50.5 Å². The number of hydrogen-bond donors (Lipinski definition) is 0. The van der Waals surface area contributed by atoms with Crippen LogP contribution in [0.4, 0.5) is 0 Å². The van der Waals surface area contributed by atoms with Crippen LogP contribution in [0.2, 0.25) is 0 Å². The molecule has 18 heavy (non-hydrogen) atoms. The Morgan fingerprint density at radius 3 is 2.72 bits per heavy atom. The molecule has 1 saturated carbocycles. The van der Waals surface area contributed by atoms with Crippen LogP contribution in [0.1, 0.15) is 26.2 Å². The molecule has 0 aromatic heterocycles. The second-order valence-electron chi connectivity index (χ2n) is 6.31. The number of rotatable bonds is 2. The first-order chi connectivity index (χ1) is 8.54. The molecule has 3 aliphatic rings. The summed E-state index contributed by atoms with van der Waals surface area (Å²) in [4.78, 5) is 2.39. The summed E-state index contributed by atoms with van der Waals surface area (Å²) in [5, 5.41) is -0.151. The van der Waals surface area contributed by atoms with E-state index >= 15 is 0 Å². The topological polar surface area (TPSA) is 37.4 Å². The fraction of sp³-hybridized carbons (Fsp3) is 0.857. The Balaban J connectivity index is 1.59. The van der Waals surface area contributed by atoms with Gasteiger partial charge in [0.2, 0.25) is 0 Å². The van der Waals surface area contributed by atoms with Gasteiger partial charge in [-0.2, -0.15) is 0 Å². The van der Waals surface area contributed by atoms with E-state index in [1.54, 1.807) is 0 Å². The summed E-state index contributed by atoms with van der Waals surface area (Å²) in [6.07, 6.45) is 8.22. The van der Waals surface area contributed by atoms with Gasteiger partial charge in [-0.3, -0.25) is 0 Å². The Morgan fingerprint density at radius 2 is 2.06 bits per heavy atom. The molecule has 0 unspecified atom stereocenters. The first-order valence-corrected chi connectivity index (χ1v) is 8.88. The van der Waals surface area contributed by atoms with Crippen LogP contribution in [-0.2, 0) is 9.84 Å². The van der Waals surface area contributed by atoms with Crippen molar-refractivity contribution < 1.29 is 8.42 Å². The molecule has 4 atom stereocenters. The van der Waals surface area contributed by atoms with Gasteiger partial charge >= 0.3 is 0 Å². The monoisotopic (exact) mass is 269 g/mol. The van der Waals surface area contributed by atoms with Crippen LogP contribution in [0.25, 0.3) is 0 Å². The lowest BCUT2D eigenvalue weighted by Gasteiger charge is -2.26. The predicted molar refractivity (Wildman–Crippen MR) is 73.1 cm³/mol. The molecule has 2 bridgehead atoms. The molecule has 3 rings (SSSR count). The van der Waals surface area contributed by atoms with Gasteiger partial charge in [-0.15, -0.1) is 0 Å². The molecule has 0 N–H and O–H groups in total. The average Bonchev–Trinajstić information content (AvgIpc) is 2.91. The third-order valence-electron chi connectivity index (χ3n) is 5.07. The second kappa shape index (κ2) is 4.64. The van der Waals surface area contributed by atoms with Crippen molar-refractivity contribution in [1.29, 1.82) is 0 Å². The summed E-state index contributed by atoms with van der Waals surface area (Å²) in [5.41, 5.74) is 0. The highest BCUT2D eigenvalue weighted by Crippen LogP contribution is 2.43. The number of nitrogens with zero attached hydrogens (tertiary/aromatic N) is 1. The van der Waals surface area contributed by atoms with Gasteiger partial charge in [-0.25, -0.2) is 8.42 Å². The average molecular weight is 269 g/mol. The van der Waals surface area contributed by atoms with Crippen molar-refractivity contribution in [1.82, 2.24) is 4.90 Å². The number of sulfone groups is 1. The Kier molecular flexibility index (Phi) is 3.27. The molecule has 3 nitrogen and oxygen atoms in total. The van der Waals surface area contributed by atoms with Crippen molar-refractivity contribution in [3.63, 3.8) is 0 Å². The third-order valence-corrected chi connectivity index (χ3v) is 7.28. The quantitative estimate of drug-likeness (QED) is 0.716. The number of allylic oxidation sites excluding steroid dienone is 2. The summed E-state index contributed by atoms with van der Waals surface area (Å²) >= 11 is 0. The lowest BCUT2D eigenvalue weighted by molar-refractivity contribution is 0.226. The third kappa shape index (κ3) is 2.37. The smallest absolute Gasteiger partial charge is 0.154 e. The zero-order valence-corrected chi connectivity index (χ0v) is 11.9. The first-order valence-electron chi connectivity index (χ1n) is 7.17. The maximum atomic E-state index is 11.9. The van der Waals surface area contributed by atoms with E-state index in [0.29, 0.717) is 5.75 Å². The molecule has 0 amide bonds. The minimum absolute atomic E-state index is 0.151. The lowest BCUT2D eigenvalue weighted by Crippen LogP contribution is -2.33. The van der Waals surface area contributed by atoms with Crippen LogP contribution in [0.15, 0.2) is 12.2 Å². The summed E-state index contributed by atoms with van der Waals surface area (Å²) in [6.45, 7) is 4.66. The molecule has 102 valence electrons. The molecular formula is C14H23NO2S. The van der Waals surface area contributed by atoms with Crippen LogP contribution in [0.5, 0.6) is 0 Å². The van der Waals surface area contributed by atoms with Crippen LogP contribution in [-0.4, -0.2) is 44.0 Å². The van der Waals surface area contributed by atoms with Gasteiger partial charge in [0.05, 0.1) is 11.0 Å². The van der Waals surface area contributed by atoms with Crippen molar-refractivity contribution in [2.24, 2.45) is 17.8 Å². The Bertz CT molecular complexity index is 443. The minimum Gasteiger partial charge on any atom is -0.302 e. The van der Waals surface area contributed by atoms with E-state index in [1.165, 1.54) is 12.8 Å². The summed E-state index contributed by atoms with van der Waals surface area (Å²) in [7, 11) is -2.83. The van der Waals surface area contributed by atoms with Crippen LogP contribution in [0.3, 0.4) is 0 Å². The molecule has 1 aliphatic heterocycles. The van der Waals surface area contributed by atoms with Crippen LogP contribution < -0.4 is 0 Å². The van der Waals surface area contributed by atoms with Crippen molar-refractivity contribution in [3.05, 3.63) is 12.2 Å². The van der Waals surface area contributed by atoms with Gasteiger partial charge in [0.15, 0.2) is 9.84 Å². The molecule has 0 aromatic carbocycles. The highest BCUT2D eigenvalue weighted by atomic mass is 32.2. The maximum absolute atomic E-state index is 11.9. The van der Waals surface area contributed by atoms with E-state index in [2.05, 4.69) is 17.1 Å². The highest BCUT2D eigenvalue weighted by molar-refractivity contribution is 7.92. The first kappa shape index (κ1) is 12.7. The molecule has 0 spiro atoms. The van der Waals surface area contributed by atoms with E-state index < -0.39 is 9.84 Å². The molecule has 1 heterocycles. The fourth-order valence-corrected chi connectivity index (χ4v) is 5.11. The zero-order chi connectivity index (χ0) is 12.8. The fourth-order valence-electron chi connectivity index (χ4n) is 3.73.